The number of rotatable bonds is 2. The fourth-order valence-electron chi connectivity index (χ4n) is 1.59. The topological polar surface area (TPSA) is 81.7 Å². The van der Waals surface area contributed by atoms with E-state index in [9.17, 15) is 0 Å². The van der Waals surface area contributed by atoms with Gasteiger partial charge in [-0.15, -0.1) is 17.5 Å². The van der Waals surface area contributed by atoms with Crippen LogP contribution in [0, 0.1) is 0 Å². The Morgan fingerprint density at radius 2 is 2.00 bits per heavy atom. The molecule has 1 aromatic carbocycles. The van der Waals surface area contributed by atoms with Gasteiger partial charge in [0.1, 0.15) is 0 Å². The SMILES string of the molecule is Cl.Cn1c(/C=N/N=C(N)N)cc2ccccc21. The number of fused-ring (bicyclic) bond motifs is 1. The fourth-order valence-corrected chi connectivity index (χ4v) is 1.59. The molecule has 2 rings (SSSR count). The molecule has 1 aromatic heterocycles. The van der Waals surface area contributed by atoms with Crippen LogP contribution in [-0.2, 0) is 7.05 Å². The second kappa shape index (κ2) is 5.36. The van der Waals surface area contributed by atoms with Crippen LogP contribution in [0.1, 0.15) is 5.69 Å². The highest BCUT2D eigenvalue weighted by molar-refractivity contribution is 5.90. The lowest BCUT2D eigenvalue weighted by Gasteiger charge is -1.97. The monoisotopic (exact) mass is 251 g/mol. The highest BCUT2D eigenvalue weighted by Crippen LogP contribution is 2.16. The minimum absolute atomic E-state index is 0. The van der Waals surface area contributed by atoms with Gasteiger partial charge in [0, 0.05) is 18.0 Å². The third-order valence-electron chi connectivity index (χ3n) is 2.35. The third kappa shape index (κ3) is 2.76. The number of aryl methyl sites for hydroxylation is 1. The van der Waals surface area contributed by atoms with E-state index in [0.29, 0.717) is 0 Å². The standard InChI is InChI=1S/C11H13N5.ClH/c1-16-9(7-14-15-11(12)13)6-8-4-2-3-5-10(8)16;/h2-7H,1H3,(H4,12,13,15);1H/b14-7+;. The summed E-state index contributed by atoms with van der Waals surface area (Å²) in [6.07, 6.45) is 1.62. The van der Waals surface area contributed by atoms with E-state index in [-0.39, 0.29) is 18.4 Å². The molecule has 17 heavy (non-hydrogen) atoms. The minimum atomic E-state index is -0.0463. The molecule has 2 aromatic rings. The van der Waals surface area contributed by atoms with Gasteiger partial charge in [-0.2, -0.15) is 5.10 Å². The molecule has 1 heterocycles. The Morgan fingerprint density at radius 3 is 2.65 bits per heavy atom. The van der Waals surface area contributed by atoms with Gasteiger partial charge in [-0.05, 0) is 12.1 Å². The Labute approximate surface area is 105 Å². The van der Waals surface area contributed by atoms with Crippen molar-refractivity contribution in [2.75, 3.05) is 0 Å². The maximum atomic E-state index is 5.18. The van der Waals surface area contributed by atoms with Crippen molar-refractivity contribution in [3.8, 4) is 0 Å². The van der Waals surface area contributed by atoms with Gasteiger partial charge in [-0.1, -0.05) is 18.2 Å². The van der Waals surface area contributed by atoms with Crippen LogP contribution in [0.3, 0.4) is 0 Å². The summed E-state index contributed by atoms with van der Waals surface area (Å²) in [5.74, 6) is -0.0463. The summed E-state index contributed by atoms with van der Waals surface area (Å²) in [5.41, 5.74) is 12.5. The number of para-hydroxylation sites is 1. The summed E-state index contributed by atoms with van der Waals surface area (Å²) < 4.78 is 2.03. The van der Waals surface area contributed by atoms with Crippen molar-refractivity contribution in [1.29, 1.82) is 0 Å². The molecule has 0 aliphatic rings. The lowest BCUT2D eigenvalue weighted by Crippen LogP contribution is -2.21. The van der Waals surface area contributed by atoms with Gasteiger partial charge >= 0.3 is 0 Å². The quantitative estimate of drug-likeness (QED) is 0.478. The fraction of sp³-hybridized carbons (Fsp3) is 0.0909. The van der Waals surface area contributed by atoms with E-state index in [4.69, 9.17) is 11.5 Å². The Hall–Kier alpha value is -2.01. The average Bonchev–Trinajstić information content (AvgIpc) is 2.56. The van der Waals surface area contributed by atoms with Crippen LogP contribution in [-0.4, -0.2) is 16.7 Å². The van der Waals surface area contributed by atoms with Gasteiger partial charge in [-0.25, -0.2) is 0 Å². The van der Waals surface area contributed by atoms with Crippen molar-refractivity contribution in [3.05, 3.63) is 36.0 Å². The van der Waals surface area contributed by atoms with Crippen molar-refractivity contribution in [2.24, 2.45) is 28.7 Å². The first-order valence-electron chi connectivity index (χ1n) is 4.85. The van der Waals surface area contributed by atoms with E-state index in [0.717, 1.165) is 16.6 Å². The average molecular weight is 252 g/mol. The molecule has 0 fully saturated rings. The smallest absolute Gasteiger partial charge is 0.211 e. The summed E-state index contributed by atoms with van der Waals surface area (Å²) in [7, 11) is 1.97. The number of halogens is 1. The second-order valence-electron chi connectivity index (χ2n) is 3.46. The highest BCUT2D eigenvalue weighted by atomic mass is 35.5. The van der Waals surface area contributed by atoms with Gasteiger partial charge in [0.2, 0.25) is 5.96 Å². The minimum Gasteiger partial charge on any atom is -0.369 e. The van der Waals surface area contributed by atoms with E-state index in [1.54, 1.807) is 6.21 Å². The van der Waals surface area contributed by atoms with E-state index < -0.39 is 0 Å². The van der Waals surface area contributed by atoms with Crippen LogP contribution in [0.15, 0.2) is 40.5 Å². The molecule has 0 aliphatic carbocycles. The summed E-state index contributed by atoms with van der Waals surface area (Å²) >= 11 is 0. The van der Waals surface area contributed by atoms with Crippen LogP contribution < -0.4 is 11.5 Å². The summed E-state index contributed by atoms with van der Waals surface area (Å²) in [6, 6.07) is 10.1. The zero-order valence-corrected chi connectivity index (χ0v) is 10.2. The normalized spacial score (nSPS) is 10.4. The zero-order chi connectivity index (χ0) is 11.5. The Morgan fingerprint density at radius 1 is 1.29 bits per heavy atom. The molecule has 0 bridgehead atoms. The lowest BCUT2D eigenvalue weighted by atomic mass is 10.2. The summed E-state index contributed by atoms with van der Waals surface area (Å²) in [6.45, 7) is 0. The Bertz CT molecular complexity index is 566. The molecule has 0 saturated heterocycles. The van der Waals surface area contributed by atoms with Gasteiger partial charge < -0.3 is 16.0 Å². The first-order chi connectivity index (χ1) is 7.68. The van der Waals surface area contributed by atoms with Crippen molar-refractivity contribution >= 4 is 35.5 Å². The molecule has 0 saturated carbocycles. The first kappa shape index (κ1) is 13.1. The molecular formula is C11H14ClN5. The van der Waals surface area contributed by atoms with Crippen LogP contribution in [0.2, 0.25) is 0 Å². The number of nitrogens with zero attached hydrogens (tertiary/aromatic N) is 3. The molecule has 4 N–H and O–H groups in total. The van der Waals surface area contributed by atoms with Crippen LogP contribution in [0.25, 0.3) is 10.9 Å². The molecule has 0 unspecified atom stereocenters. The lowest BCUT2D eigenvalue weighted by molar-refractivity contribution is 0.957. The van der Waals surface area contributed by atoms with E-state index >= 15 is 0 Å². The van der Waals surface area contributed by atoms with Gasteiger partial charge in [0.25, 0.3) is 0 Å². The van der Waals surface area contributed by atoms with Gasteiger partial charge in [0.15, 0.2) is 0 Å². The Kier molecular flexibility index (Phi) is 4.12. The number of benzene rings is 1. The van der Waals surface area contributed by atoms with E-state index in [1.165, 1.54) is 0 Å². The second-order valence-corrected chi connectivity index (χ2v) is 3.46. The molecule has 0 amide bonds. The van der Waals surface area contributed by atoms with Crippen molar-refractivity contribution in [2.45, 2.75) is 0 Å². The van der Waals surface area contributed by atoms with E-state index in [1.807, 2.05) is 41.9 Å². The van der Waals surface area contributed by atoms with Gasteiger partial charge in [0.05, 0.1) is 11.9 Å². The van der Waals surface area contributed by atoms with Gasteiger partial charge in [-0.3, -0.25) is 0 Å². The molecular weight excluding hydrogens is 238 g/mol. The molecule has 0 aliphatic heterocycles. The van der Waals surface area contributed by atoms with Crippen molar-refractivity contribution in [1.82, 2.24) is 4.57 Å². The molecule has 90 valence electrons. The number of hydrogen-bond donors (Lipinski definition) is 2. The maximum Gasteiger partial charge on any atom is 0.211 e. The van der Waals surface area contributed by atoms with Crippen LogP contribution >= 0.6 is 12.4 Å². The first-order valence-corrected chi connectivity index (χ1v) is 4.85. The molecule has 0 spiro atoms. The van der Waals surface area contributed by atoms with Crippen molar-refractivity contribution < 1.29 is 0 Å². The largest absolute Gasteiger partial charge is 0.369 e. The van der Waals surface area contributed by atoms with E-state index in [2.05, 4.69) is 10.2 Å². The number of hydrogen-bond acceptors (Lipinski definition) is 2. The van der Waals surface area contributed by atoms with Crippen LogP contribution in [0.5, 0.6) is 0 Å². The van der Waals surface area contributed by atoms with Crippen molar-refractivity contribution in [3.63, 3.8) is 0 Å². The van der Waals surface area contributed by atoms with Crippen LogP contribution in [0.4, 0.5) is 0 Å². The summed E-state index contributed by atoms with van der Waals surface area (Å²) in [4.78, 5) is 0. The predicted molar refractivity (Wildman–Crippen MR) is 73.6 cm³/mol. The summed E-state index contributed by atoms with van der Waals surface area (Å²) in [5, 5.41) is 8.51. The Balaban J connectivity index is 0.00000144. The number of nitrogens with two attached hydrogens (primary N) is 2. The molecule has 0 atom stereocenters. The maximum absolute atomic E-state index is 5.18. The number of aromatic nitrogens is 1. The number of guanidine groups is 1. The molecule has 6 heteroatoms. The predicted octanol–water partition coefficient (Wildman–Crippen LogP) is 1.21. The molecule has 5 nitrogen and oxygen atoms in total. The highest BCUT2D eigenvalue weighted by Gasteiger charge is 2.01. The molecule has 0 radical (unpaired) electrons. The third-order valence-corrected chi connectivity index (χ3v) is 2.35. The zero-order valence-electron chi connectivity index (χ0n) is 9.37.